The van der Waals surface area contributed by atoms with Gasteiger partial charge in [-0.05, 0) is 61.5 Å². The lowest BCUT2D eigenvalue weighted by Crippen LogP contribution is -2.50. The number of likely N-dealkylation sites (tertiary alicyclic amines) is 1. The van der Waals surface area contributed by atoms with Gasteiger partial charge in [0.2, 0.25) is 0 Å². The number of nitrogens with zero attached hydrogens (tertiary/aromatic N) is 1. The van der Waals surface area contributed by atoms with E-state index in [4.69, 9.17) is 4.74 Å². The molecule has 5 heteroatoms. The third kappa shape index (κ3) is 3.22. The lowest BCUT2D eigenvalue weighted by atomic mass is 9.72. The first-order valence-electron chi connectivity index (χ1n) is 9.87. The van der Waals surface area contributed by atoms with Crippen molar-refractivity contribution in [3.63, 3.8) is 0 Å². The molecule has 2 heterocycles. The molecule has 1 aliphatic heterocycles. The molecule has 1 fully saturated rings. The molecule has 1 aliphatic carbocycles. The molecule has 0 bridgehead atoms. The number of hydrogen-bond acceptors (Lipinski definition) is 4. The van der Waals surface area contributed by atoms with E-state index in [9.17, 15) is 4.79 Å². The van der Waals surface area contributed by atoms with Crippen molar-refractivity contribution >= 4 is 17.2 Å². The van der Waals surface area contributed by atoms with Gasteiger partial charge in [0.15, 0.2) is 0 Å². The summed E-state index contributed by atoms with van der Waals surface area (Å²) in [4.78, 5) is 15.3. The maximum atomic E-state index is 12.8. The second-order valence-electron chi connectivity index (χ2n) is 7.70. The Labute approximate surface area is 165 Å². The Balaban J connectivity index is 1.65. The SMILES string of the molecule is CCCN1CCC2(CC1)c1ccccc1[C@@H](NC(=O)c1ccsc1)[C@@H]2OC. The molecule has 0 unspecified atom stereocenters. The van der Waals surface area contributed by atoms with Gasteiger partial charge in [0.1, 0.15) is 0 Å². The van der Waals surface area contributed by atoms with Crippen LogP contribution in [-0.2, 0) is 10.2 Å². The van der Waals surface area contributed by atoms with E-state index in [0.29, 0.717) is 0 Å². The van der Waals surface area contributed by atoms with E-state index in [1.807, 2.05) is 16.8 Å². The number of ether oxygens (including phenoxy) is 1. The zero-order valence-corrected chi connectivity index (χ0v) is 16.9. The number of benzene rings is 1. The summed E-state index contributed by atoms with van der Waals surface area (Å²) in [5.74, 6) is -0.0152. The van der Waals surface area contributed by atoms with E-state index >= 15 is 0 Å². The number of methoxy groups -OCH3 is 1. The van der Waals surface area contributed by atoms with Gasteiger partial charge in [-0.25, -0.2) is 0 Å². The predicted octanol–water partition coefficient (Wildman–Crippen LogP) is 3.99. The van der Waals surface area contributed by atoms with Crippen molar-refractivity contribution in [2.45, 2.75) is 43.7 Å². The Hall–Kier alpha value is -1.69. The third-order valence-electron chi connectivity index (χ3n) is 6.29. The monoisotopic (exact) mass is 384 g/mol. The van der Waals surface area contributed by atoms with Gasteiger partial charge in [0, 0.05) is 17.9 Å². The van der Waals surface area contributed by atoms with Gasteiger partial charge in [-0.2, -0.15) is 11.3 Å². The van der Waals surface area contributed by atoms with E-state index in [1.165, 1.54) is 17.5 Å². The minimum absolute atomic E-state index is 0.0117. The van der Waals surface area contributed by atoms with Gasteiger partial charge in [-0.3, -0.25) is 4.79 Å². The van der Waals surface area contributed by atoms with Crippen LogP contribution in [0.4, 0.5) is 0 Å². The Bertz CT molecular complexity index is 781. The molecule has 144 valence electrons. The van der Waals surface area contributed by atoms with Crippen LogP contribution in [0.15, 0.2) is 41.1 Å². The van der Waals surface area contributed by atoms with Crippen LogP contribution in [0.1, 0.15) is 53.7 Å². The first kappa shape index (κ1) is 18.7. The van der Waals surface area contributed by atoms with Crippen LogP contribution >= 0.6 is 11.3 Å². The summed E-state index contributed by atoms with van der Waals surface area (Å²) in [6, 6.07) is 10.4. The highest BCUT2D eigenvalue weighted by molar-refractivity contribution is 7.08. The minimum Gasteiger partial charge on any atom is -0.378 e. The second-order valence-corrected chi connectivity index (χ2v) is 8.48. The van der Waals surface area contributed by atoms with E-state index in [1.54, 1.807) is 18.4 Å². The molecule has 1 aromatic carbocycles. The number of piperidine rings is 1. The third-order valence-corrected chi connectivity index (χ3v) is 6.97. The summed E-state index contributed by atoms with van der Waals surface area (Å²) < 4.78 is 6.08. The van der Waals surface area contributed by atoms with Crippen LogP contribution in [0.3, 0.4) is 0 Å². The highest BCUT2D eigenvalue weighted by Gasteiger charge is 2.53. The standard InChI is InChI=1S/C22H28N2O2S/c1-3-11-24-12-9-22(10-13-24)18-7-5-4-6-17(18)19(20(22)26-2)23-21(25)16-8-14-27-15-16/h4-8,14-15,19-20H,3,9-13H2,1-2H3,(H,23,25)/t19-,20+/m1/s1. The minimum atomic E-state index is -0.101. The summed E-state index contributed by atoms with van der Waals surface area (Å²) in [5.41, 5.74) is 3.30. The molecule has 2 aliphatic rings. The van der Waals surface area contributed by atoms with E-state index < -0.39 is 0 Å². The number of amides is 1. The van der Waals surface area contributed by atoms with E-state index in [0.717, 1.165) is 38.0 Å². The molecule has 0 radical (unpaired) electrons. The highest BCUT2D eigenvalue weighted by atomic mass is 32.1. The summed E-state index contributed by atoms with van der Waals surface area (Å²) >= 11 is 1.55. The highest BCUT2D eigenvalue weighted by Crippen LogP contribution is 2.52. The number of fused-ring (bicyclic) bond motifs is 2. The van der Waals surface area contributed by atoms with Crippen LogP contribution in [0, 0.1) is 0 Å². The molecule has 4 nitrogen and oxygen atoms in total. The summed E-state index contributed by atoms with van der Waals surface area (Å²) in [7, 11) is 1.79. The molecule has 1 amide bonds. The average Bonchev–Trinajstić information content (AvgIpc) is 3.31. The van der Waals surface area contributed by atoms with Crippen LogP contribution in [0.5, 0.6) is 0 Å². The normalized spacial score (nSPS) is 24.1. The van der Waals surface area contributed by atoms with Crippen molar-refractivity contribution in [2.24, 2.45) is 0 Å². The first-order valence-corrected chi connectivity index (χ1v) is 10.8. The average molecular weight is 385 g/mol. The summed E-state index contributed by atoms with van der Waals surface area (Å²) in [6.07, 6.45) is 3.32. The van der Waals surface area contributed by atoms with E-state index in [2.05, 4.69) is 41.4 Å². The molecule has 2 aromatic rings. The number of rotatable bonds is 5. The van der Waals surface area contributed by atoms with Crippen LogP contribution in [0.2, 0.25) is 0 Å². The van der Waals surface area contributed by atoms with Crippen LogP contribution in [0.25, 0.3) is 0 Å². The molecule has 1 saturated heterocycles. The lowest BCUT2D eigenvalue weighted by molar-refractivity contribution is -0.0111. The molecule has 1 aromatic heterocycles. The van der Waals surface area contributed by atoms with Gasteiger partial charge in [-0.1, -0.05) is 31.2 Å². The molecule has 1 N–H and O–H groups in total. The topological polar surface area (TPSA) is 41.6 Å². The Morgan fingerprint density at radius 2 is 2.07 bits per heavy atom. The zero-order chi connectivity index (χ0) is 18.9. The number of hydrogen-bond donors (Lipinski definition) is 1. The summed E-state index contributed by atoms with van der Waals surface area (Å²) in [5, 5.41) is 7.12. The van der Waals surface area contributed by atoms with Gasteiger partial charge in [0.25, 0.3) is 5.91 Å². The molecule has 4 rings (SSSR count). The van der Waals surface area contributed by atoms with Crippen LogP contribution < -0.4 is 5.32 Å². The van der Waals surface area contributed by atoms with Crippen molar-refractivity contribution < 1.29 is 9.53 Å². The van der Waals surface area contributed by atoms with Gasteiger partial charge < -0.3 is 15.0 Å². The van der Waals surface area contributed by atoms with Gasteiger partial charge >= 0.3 is 0 Å². The molecular weight excluding hydrogens is 356 g/mol. The fourth-order valence-corrected chi connectivity index (χ4v) is 5.67. The van der Waals surface area contributed by atoms with E-state index in [-0.39, 0.29) is 23.5 Å². The second kappa shape index (κ2) is 7.74. The van der Waals surface area contributed by atoms with Crippen molar-refractivity contribution in [3.05, 3.63) is 57.8 Å². The summed E-state index contributed by atoms with van der Waals surface area (Å²) in [6.45, 7) is 5.58. The lowest BCUT2D eigenvalue weighted by Gasteiger charge is -2.44. The number of nitrogens with one attached hydrogen (secondary N) is 1. The van der Waals surface area contributed by atoms with Crippen molar-refractivity contribution in [1.82, 2.24) is 10.2 Å². The van der Waals surface area contributed by atoms with Gasteiger partial charge in [0.05, 0.1) is 17.7 Å². The van der Waals surface area contributed by atoms with Crippen molar-refractivity contribution in [1.29, 1.82) is 0 Å². The first-order chi connectivity index (χ1) is 13.2. The maximum absolute atomic E-state index is 12.8. The van der Waals surface area contributed by atoms with Crippen LogP contribution in [-0.4, -0.2) is 43.7 Å². The number of carbonyl (C=O) groups excluding carboxylic acids is 1. The van der Waals surface area contributed by atoms with Crippen molar-refractivity contribution in [2.75, 3.05) is 26.7 Å². The fraction of sp³-hybridized carbons (Fsp3) is 0.500. The number of carbonyl (C=O) groups is 1. The largest absolute Gasteiger partial charge is 0.378 e. The Morgan fingerprint density at radius 3 is 2.74 bits per heavy atom. The Morgan fingerprint density at radius 1 is 1.30 bits per heavy atom. The maximum Gasteiger partial charge on any atom is 0.252 e. The fourth-order valence-electron chi connectivity index (χ4n) is 5.04. The van der Waals surface area contributed by atoms with Gasteiger partial charge in [-0.15, -0.1) is 0 Å². The predicted molar refractivity (Wildman–Crippen MR) is 109 cm³/mol. The van der Waals surface area contributed by atoms with Crippen molar-refractivity contribution in [3.8, 4) is 0 Å². The smallest absolute Gasteiger partial charge is 0.252 e. The molecule has 2 atom stereocenters. The molecular formula is C22H28N2O2S. The Kier molecular flexibility index (Phi) is 5.35. The molecule has 27 heavy (non-hydrogen) atoms. The zero-order valence-electron chi connectivity index (χ0n) is 16.1. The molecule has 0 saturated carbocycles. The molecule has 1 spiro atoms. The quantitative estimate of drug-likeness (QED) is 0.847. The number of thiophene rings is 1.